The summed E-state index contributed by atoms with van der Waals surface area (Å²) in [7, 11) is 1.95. The second-order valence-electron chi connectivity index (χ2n) is 5.57. The number of anilines is 1. The van der Waals surface area contributed by atoms with Gasteiger partial charge < -0.3 is 4.90 Å². The highest BCUT2D eigenvalue weighted by Crippen LogP contribution is 2.29. The van der Waals surface area contributed by atoms with Gasteiger partial charge >= 0.3 is 0 Å². The average Bonchev–Trinajstić information content (AvgIpc) is 2.25. The molecule has 96 valence electrons. The standard InChI is InChI=1S/C14H21BrFN/c1-10(14(2,3)4)17(5)13-7-6-11(9-15)8-12(13)16/h6-8,10H,9H2,1-5H3. The van der Waals surface area contributed by atoms with Crippen LogP contribution in [0.4, 0.5) is 10.1 Å². The molecule has 0 heterocycles. The summed E-state index contributed by atoms with van der Waals surface area (Å²) in [6, 6.07) is 5.68. The molecule has 0 aliphatic heterocycles. The van der Waals surface area contributed by atoms with Gasteiger partial charge in [-0.3, -0.25) is 0 Å². The average molecular weight is 302 g/mol. The fraction of sp³-hybridized carbons (Fsp3) is 0.571. The molecule has 0 amide bonds. The van der Waals surface area contributed by atoms with Crippen molar-refractivity contribution in [2.75, 3.05) is 11.9 Å². The van der Waals surface area contributed by atoms with Crippen molar-refractivity contribution in [2.45, 2.75) is 39.1 Å². The number of rotatable bonds is 3. The van der Waals surface area contributed by atoms with Crippen LogP contribution in [0.5, 0.6) is 0 Å². The van der Waals surface area contributed by atoms with E-state index in [4.69, 9.17) is 0 Å². The first-order chi connectivity index (χ1) is 7.77. The van der Waals surface area contributed by atoms with Gasteiger partial charge in [-0.1, -0.05) is 42.8 Å². The van der Waals surface area contributed by atoms with E-state index in [2.05, 4.69) is 43.6 Å². The molecule has 0 aromatic heterocycles. The second kappa shape index (κ2) is 5.38. The zero-order valence-electron chi connectivity index (χ0n) is 11.2. The maximum Gasteiger partial charge on any atom is 0.146 e. The fourth-order valence-corrected chi connectivity index (χ4v) is 2.06. The molecule has 0 aliphatic rings. The third-order valence-corrected chi connectivity index (χ3v) is 4.03. The normalized spacial score (nSPS) is 13.6. The summed E-state index contributed by atoms with van der Waals surface area (Å²) in [5.41, 5.74) is 1.75. The van der Waals surface area contributed by atoms with E-state index >= 15 is 0 Å². The van der Waals surface area contributed by atoms with Crippen molar-refractivity contribution >= 4 is 21.6 Å². The Balaban J connectivity index is 3.01. The lowest BCUT2D eigenvalue weighted by Crippen LogP contribution is -2.39. The van der Waals surface area contributed by atoms with Crippen LogP contribution in [-0.2, 0) is 5.33 Å². The van der Waals surface area contributed by atoms with E-state index < -0.39 is 0 Å². The van der Waals surface area contributed by atoms with Crippen LogP contribution in [0, 0.1) is 11.2 Å². The van der Waals surface area contributed by atoms with Gasteiger partial charge in [0.05, 0.1) is 5.69 Å². The third kappa shape index (κ3) is 3.44. The SMILES string of the molecule is CC(N(C)c1ccc(CBr)cc1F)C(C)(C)C. The van der Waals surface area contributed by atoms with Crippen LogP contribution in [0.2, 0.25) is 0 Å². The smallest absolute Gasteiger partial charge is 0.146 e. The number of halogens is 2. The number of nitrogens with zero attached hydrogens (tertiary/aromatic N) is 1. The van der Waals surface area contributed by atoms with E-state index in [1.165, 1.54) is 0 Å². The molecule has 3 heteroatoms. The first kappa shape index (κ1) is 14.5. The van der Waals surface area contributed by atoms with Gasteiger partial charge in [-0.15, -0.1) is 0 Å². The van der Waals surface area contributed by atoms with Crippen LogP contribution in [-0.4, -0.2) is 13.1 Å². The minimum atomic E-state index is -0.152. The predicted molar refractivity (Wildman–Crippen MR) is 76.4 cm³/mol. The lowest BCUT2D eigenvalue weighted by Gasteiger charge is -2.37. The van der Waals surface area contributed by atoms with E-state index in [1.807, 2.05) is 24.1 Å². The van der Waals surface area contributed by atoms with Gasteiger partial charge in [0.1, 0.15) is 5.82 Å². The molecule has 0 spiro atoms. The van der Waals surface area contributed by atoms with Crippen molar-refractivity contribution in [1.29, 1.82) is 0 Å². The van der Waals surface area contributed by atoms with Crippen molar-refractivity contribution in [3.8, 4) is 0 Å². The molecule has 1 unspecified atom stereocenters. The Labute approximate surface area is 112 Å². The van der Waals surface area contributed by atoms with Crippen LogP contribution < -0.4 is 4.90 Å². The van der Waals surface area contributed by atoms with Crippen molar-refractivity contribution < 1.29 is 4.39 Å². The van der Waals surface area contributed by atoms with Crippen LogP contribution in [0.1, 0.15) is 33.3 Å². The molecule has 1 aromatic rings. The van der Waals surface area contributed by atoms with E-state index in [1.54, 1.807) is 6.07 Å². The summed E-state index contributed by atoms with van der Waals surface area (Å²) in [6.07, 6.45) is 0. The Hall–Kier alpha value is -0.570. The van der Waals surface area contributed by atoms with E-state index in [9.17, 15) is 4.39 Å². The maximum absolute atomic E-state index is 14.0. The lowest BCUT2D eigenvalue weighted by atomic mass is 9.87. The third-order valence-electron chi connectivity index (χ3n) is 3.38. The Morgan fingerprint density at radius 3 is 2.35 bits per heavy atom. The van der Waals surface area contributed by atoms with Gasteiger partial charge in [0.15, 0.2) is 0 Å². The molecule has 17 heavy (non-hydrogen) atoms. The van der Waals surface area contributed by atoms with Gasteiger partial charge in [0.25, 0.3) is 0 Å². The molecular weight excluding hydrogens is 281 g/mol. The Kier molecular flexibility index (Phi) is 4.59. The predicted octanol–water partition coefficient (Wildman–Crippen LogP) is 4.59. The molecule has 0 saturated carbocycles. The van der Waals surface area contributed by atoms with Crippen LogP contribution in [0.3, 0.4) is 0 Å². The molecule has 1 rings (SSSR count). The van der Waals surface area contributed by atoms with Gasteiger partial charge in [0.2, 0.25) is 0 Å². The summed E-state index contributed by atoms with van der Waals surface area (Å²) in [6.45, 7) is 8.62. The number of hydrogen-bond acceptors (Lipinski definition) is 1. The number of alkyl halides is 1. The van der Waals surface area contributed by atoms with Crippen LogP contribution >= 0.6 is 15.9 Å². The van der Waals surface area contributed by atoms with Gasteiger partial charge in [-0.2, -0.15) is 0 Å². The van der Waals surface area contributed by atoms with Crippen LogP contribution in [0.25, 0.3) is 0 Å². The fourth-order valence-electron chi connectivity index (χ4n) is 1.71. The molecule has 0 radical (unpaired) electrons. The molecule has 0 bridgehead atoms. The van der Waals surface area contributed by atoms with E-state index in [0.29, 0.717) is 11.0 Å². The molecule has 0 N–H and O–H groups in total. The van der Waals surface area contributed by atoms with Crippen molar-refractivity contribution in [2.24, 2.45) is 5.41 Å². The van der Waals surface area contributed by atoms with E-state index in [-0.39, 0.29) is 17.3 Å². The van der Waals surface area contributed by atoms with Gasteiger partial charge in [-0.25, -0.2) is 4.39 Å². The molecule has 0 aliphatic carbocycles. The zero-order valence-corrected chi connectivity index (χ0v) is 12.8. The van der Waals surface area contributed by atoms with Crippen molar-refractivity contribution in [3.05, 3.63) is 29.6 Å². The maximum atomic E-state index is 14.0. The quantitative estimate of drug-likeness (QED) is 0.738. The monoisotopic (exact) mass is 301 g/mol. The zero-order chi connectivity index (χ0) is 13.2. The molecule has 0 fully saturated rings. The van der Waals surface area contributed by atoms with Crippen LogP contribution in [0.15, 0.2) is 18.2 Å². The highest BCUT2D eigenvalue weighted by Gasteiger charge is 2.25. The minimum Gasteiger partial charge on any atom is -0.369 e. The van der Waals surface area contributed by atoms with Gasteiger partial charge in [0, 0.05) is 18.4 Å². The number of hydrogen-bond donors (Lipinski definition) is 0. The molecule has 1 atom stereocenters. The van der Waals surface area contributed by atoms with E-state index in [0.717, 1.165) is 5.56 Å². The molecule has 1 aromatic carbocycles. The second-order valence-corrected chi connectivity index (χ2v) is 6.13. The first-order valence-corrected chi connectivity index (χ1v) is 6.96. The minimum absolute atomic E-state index is 0.120. The summed E-state index contributed by atoms with van der Waals surface area (Å²) >= 11 is 3.33. The molecule has 0 saturated heterocycles. The Bertz CT molecular complexity index is 384. The highest BCUT2D eigenvalue weighted by atomic mass is 79.9. The first-order valence-electron chi connectivity index (χ1n) is 5.84. The highest BCUT2D eigenvalue weighted by molar-refractivity contribution is 9.08. The molecule has 1 nitrogen and oxygen atoms in total. The lowest BCUT2D eigenvalue weighted by molar-refractivity contribution is 0.328. The summed E-state index contributed by atoms with van der Waals surface area (Å²) < 4.78 is 14.0. The van der Waals surface area contributed by atoms with Gasteiger partial charge in [-0.05, 0) is 30.0 Å². The summed E-state index contributed by atoms with van der Waals surface area (Å²) in [5, 5.41) is 0.683. The Morgan fingerprint density at radius 1 is 1.35 bits per heavy atom. The molecular formula is C14H21BrFN. The summed E-state index contributed by atoms with van der Waals surface area (Å²) in [5.74, 6) is -0.152. The Morgan fingerprint density at radius 2 is 1.94 bits per heavy atom. The largest absolute Gasteiger partial charge is 0.369 e. The topological polar surface area (TPSA) is 3.24 Å². The van der Waals surface area contributed by atoms with Crippen molar-refractivity contribution in [1.82, 2.24) is 0 Å². The van der Waals surface area contributed by atoms with Crippen molar-refractivity contribution in [3.63, 3.8) is 0 Å². The summed E-state index contributed by atoms with van der Waals surface area (Å²) in [4.78, 5) is 2.01. The number of benzene rings is 1.